The van der Waals surface area contributed by atoms with Crippen LogP contribution in [0.25, 0.3) is 11.0 Å². The molecule has 0 saturated carbocycles. The molecule has 116 valence electrons. The topological polar surface area (TPSA) is 64.3 Å². The summed E-state index contributed by atoms with van der Waals surface area (Å²) in [5.74, 6) is 0.978. The van der Waals surface area contributed by atoms with E-state index in [0.29, 0.717) is 6.54 Å². The van der Waals surface area contributed by atoms with Gasteiger partial charge in [-0.3, -0.25) is 4.90 Å². The van der Waals surface area contributed by atoms with Gasteiger partial charge in [-0.2, -0.15) is 0 Å². The number of imidazole rings is 1. The molecule has 2 amide bonds. The van der Waals surface area contributed by atoms with Crippen molar-refractivity contribution < 1.29 is 4.79 Å². The van der Waals surface area contributed by atoms with Gasteiger partial charge in [-0.15, -0.1) is 6.58 Å². The van der Waals surface area contributed by atoms with E-state index in [-0.39, 0.29) is 6.03 Å². The first kappa shape index (κ1) is 14.6. The average Bonchev–Trinajstić information content (AvgIpc) is 2.95. The minimum atomic E-state index is -0.0108. The molecule has 1 aromatic heterocycles. The van der Waals surface area contributed by atoms with Gasteiger partial charge in [0.15, 0.2) is 0 Å². The molecule has 3 rings (SSSR count). The Morgan fingerprint density at radius 1 is 1.32 bits per heavy atom. The molecule has 0 atom stereocenters. The number of amides is 2. The van der Waals surface area contributed by atoms with Crippen LogP contribution in [-0.4, -0.2) is 58.5 Å². The molecule has 1 aliphatic rings. The van der Waals surface area contributed by atoms with Crippen LogP contribution in [0.15, 0.2) is 36.9 Å². The van der Waals surface area contributed by atoms with E-state index in [2.05, 4.69) is 26.8 Å². The molecule has 2 heterocycles. The number of nitrogens with one attached hydrogen (secondary N) is 2. The quantitative estimate of drug-likeness (QED) is 0.843. The lowest BCUT2D eigenvalue weighted by molar-refractivity contribution is 0.134. The predicted octanol–water partition coefficient (Wildman–Crippen LogP) is 1.58. The number of carbonyl (C=O) groups excluding carboxylic acids is 1. The Hall–Kier alpha value is -2.34. The van der Waals surface area contributed by atoms with Gasteiger partial charge in [0.25, 0.3) is 0 Å². The third-order valence-corrected chi connectivity index (χ3v) is 3.87. The molecule has 22 heavy (non-hydrogen) atoms. The number of fused-ring (bicyclic) bond motifs is 1. The van der Waals surface area contributed by atoms with Gasteiger partial charge in [0.2, 0.25) is 0 Å². The normalized spacial score (nSPS) is 15.9. The van der Waals surface area contributed by atoms with Crippen molar-refractivity contribution in [2.75, 3.05) is 32.7 Å². The summed E-state index contributed by atoms with van der Waals surface area (Å²) in [4.78, 5) is 24.0. The number of rotatable bonds is 4. The maximum atomic E-state index is 11.9. The number of piperazine rings is 1. The van der Waals surface area contributed by atoms with Crippen LogP contribution >= 0.6 is 0 Å². The average molecular weight is 299 g/mol. The standard InChI is InChI=1S/C16H21N5O/c1-2-7-17-16(22)21-10-8-20(9-11-21)12-15-18-13-5-3-4-6-14(13)19-15/h2-6H,1,7-12H2,(H,17,22)(H,18,19). The molecule has 1 aromatic carbocycles. The highest BCUT2D eigenvalue weighted by molar-refractivity contribution is 5.75. The van der Waals surface area contributed by atoms with Crippen molar-refractivity contribution in [3.05, 3.63) is 42.7 Å². The molecule has 2 aromatic rings. The van der Waals surface area contributed by atoms with Crippen LogP contribution in [0, 0.1) is 0 Å². The second-order valence-electron chi connectivity index (χ2n) is 5.44. The van der Waals surface area contributed by atoms with Crippen LogP contribution < -0.4 is 5.32 Å². The van der Waals surface area contributed by atoms with Gasteiger partial charge in [-0.1, -0.05) is 18.2 Å². The van der Waals surface area contributed by atoms with Crippen molar-refractivity contribution in [1.82, 2.24) is 25.1 Å². The van der Waals surface area contributed by atoms with E-state index in [0.717, 1.165) is 49.6 Å². The van der Waals surface area contributed by atoms with Crippen LogP contribution in [-0.2, 0) is 6.54 Å². The zero-order valence-electron chi connectivity index (χ0n) is 12.6. The monoisotopic (exact) mass is 299 g/mol. The molecule has 0 spiro atoms. The lowest BCUT2D eigenvalue weighted by atomic mass is 10.3. The largest absolute Gasteiger partial charge is 0.341 e. The molecule has 0 aliphatic carbocycles. The molecule has 1 fully saturated rings. The minimum Gasteiger partial charge on any atom is -0.341 e. The molecular weight excluding hydrogens is 278 g/mol. The molecule has 6 nitrogen and oxygen atoms in total. The fourth-order valence-electron chi connectivity index (χ4n) is 2.67. The Morgan fingerprint density at radius 3 is 2.82 bits per heavy atom. The van der Waals surface area contributed by atoms with Crippen molar-refractivity contribution in [2.45, 2.75) is 6.54 Å². The van der Waals surface area contributed by atoms with E-state index < -0.39 is 0 Å². The number of benzene rings is 1. The van der Waals surface area contributed by atoms with Crippen molar-refractivity contribution in [2.24, 2.45) is 0 Å². The minimum absolute atomic E-state index is 0.0108. The fraction of sp³-hybridized carbons (Fsp3) is 0.375. The van der Waals surface area contributed by atoms with E-state index in [1.54, 1.807) is 6.08 Å². The molecule has 1 aliphatic heterocycles. The van der Waals surface area contributed by atoms with Gasteiger partial charge in [0, 0.05) is 32.7 Å². The van der Waals surface area contributed by atoms with Crippen LogP contribution in [0.4, 0.5) is 4.79 Å². The number of aromatic nitrogens is 2. The molecule has 1 saturated heterocycles. The first-order valence-electron chi connectivity index (χ1n) is 7.56. The van der Waals surface area contributed by atoms with E-state index in [4.69, 9.17) is 0 Å². The smallest absolute Gasteiger partial charge is 0.317 e. The van der Waals surface area contributed by atoms with Crippen molar-refractivity contribution in [1.29, 1.82) is 0 Å². The van der Waals surface area contributed by atoms with Crippen molar-refractivity contribution in [3.63, 3.8) is 0 Å². The van der Waals surface area contributed by atoms with Crippen molar-refractivity contribution in [3.8, 4) is 0 Å². The summed E-state index contributed by atoms with van der Waals surface area (Å²) in [5, 5.41) is 2.82. The number of urea groups is 1. The molecule has 0 bridgehead atoms. The van der Waals surface area contributed by atoms with Gasteiger partial charge in [-0.25, -0.2) is 9.78 Å². The zero-order valence-corrected chi connectivity index (χ0v) is 12.6. The van der Waals surface area contributed by atoms with Crippen LogP contribution in [0.1, 0.15) is 5.82 Å². The number of para-hydroxylation sites is 2. The molecule has 6 heteroatoms. The van der Waals surface area contributed by atoms with Crippen LogP contribution in [0.3, 0.4) is 0 Å². The Morgan fingerprint density at radius 2 is 2.09 bits per heavy atom. The highest BCUT2D eigenvalue weighted by atomic mass is 16.2. The third kappa shape index (κ3) is 3.28. The van der Waals surface area contributed by atoms with Gasteiger partial charge in [0.05, 0.1) is 17.6 Å². The molecule has 2 N–H and O–H groups in total. The van der Waals surface area contributed by atoms with Crippen LogP contribution in [0.5, 0.6) is 0 Å². The number of H-pyrrole nitrogens is 1. The summed E-state index contributed by atoms with van der Waals surface area (Å²) in [6.07, 6.45) is 1.69. The Kier molecular flexibility index (Phi) is 4.39. The third-order valence-electron chi connectivity index (χ3n) is 3.87. The lowest BCUT2D eigenvalue weighted by Crippen LogP contribution is -2.51. The maximum Gasteiger partial charge on any atom is 0.317 e. The Balaban J connectivity index is 1.53. The fourth-order valence-corrected chi connectivity index (χ4v) is 2.67. The molecule has 0 unspecified atom stereocenters. The van der Waals surface area contributed by atoms with Gasteiger partial charge < -0.3 is 15.2 Å². The lowest BCUT2D eigenvalue weighted by Gasteiger charge is -2.34. The van der Waals surface area contributed by atoms with Crippen molar-refractivity contribution >= 4 is 17.1 Å². The summed E-state index contributed by atoms with van der Waals surface area (Å²) in [5.41, 5.74) is 2.07. The number of carbonyl (C=O) groups is 1. The van der Waals surface area contributed by atoms with Gasteiger partial charge >= 0.3 is 6.03 Å². The highest BCUT2D eigenvalue weighted by Gasteiger charge is 2.21. The van der Waals surface area contributed by atoms with Gasteiger partial charge in [0.1, 0.15) is 5.82 Å². The summed E-state index contributed by atoms with van der Waals surface area (Å²) >= 11 is 0. The highest BCUT2D eigenvalue weighted by Crippen LogP contribution is 2.12. The Labute approximate surface area is 129 Å². The number of nitrogens with zero attached hydrogens (tertiary/aromatic N) is 3. The number of aromatic amines is 1. The second-order valence-corrected chi connectivity index (χ2v) is 5.44. The number of hydrogen-bond acceptors (Lipinski definition) is 3. The predicted molar refractivity (Wildman–Crippen MR) is 86.5 cm³/mol. The van der Waals surface area contributed by atoms with E-state index >= 15 is 0 Å². The SMILES string of the molecule is C=CCNC(=O)N1CCN(Cc2nc3ccccc3[nH]2)CC1. The van der Waals surface area contributed by atoms with E-state index in [9.17, 15) is 4.79 Å². The first-order valence-corrected chi connectivity index (χ1v) is 7.56. The van der Waals surface area contributed by atoms with E-state index in [1.165, 1.54) is 0 Å². The summed E-state index contributed by atoms with van der Waals surface area (Å²) in [6.45, 7) is 8.10. The first-order chi connectivity index (χ1) is 10.8. The second kappa shape index (κ2) is 6.62. The number of hydrogen-bond donors (Lipinski definition) is 2. The summed E-state index contributed by atoms with van der Waals surface area (Å²) in [7, 11) is 0. The molecular formula is C16H21N5O. The summed E-state index contributed by atoms with van der Waals surface area (Å²) < 4.78 is 0. The maximum absolute atomic E-state index is 11.9. The summed E-state index contributed by atoms with van der Waals surface area (Å²) in [6, 6.07) is 8.03. The zero-order chi connectivity index (χ0) is 15.4. The van der Waals surface area contributed by atoms with E-state index in [1.807, 2.05) is 29.2 Å². The van der Waals surface area contributed by atoms with Gasteiger partial charge in [-0.05, 0) is 12.1 Å². The molecule has 0 radical (unpaired) electrons. The Bertz CT molecular complexity index is 624. The van der Waals surface area contributed by atoms with Crippen LogP contribution in [0.2, 0.25) is 0 Å².